The average molecular weight is 490 g/mol. The van der Waals surface area contributed by atoms with Crippen LogP contribution in [0.3, 0.4) is 0 Å². The van der Waals surface area contributed by atoms with Crippen LogP contribution in [0.4, 0.5) is 24.5 Å². The lowest BCUT2D eigenvalue weighted by molar-refractivity contribution is -0.137. The van der Waals surface area contributed by atoms with Crippen molar-refractivity contribution < 1.29 is 22.7 Å². The molecule has 3 rings (SSSR count). The van der Waals surface area contributed by atoms with Gasteiger partial charge in [0.05, 0.1) is 18.8 Å². The second kappa shape index (κ2) is 8.05. The van der Waals surface area contributed by atoms with E-state index in [9.17, 15) is 18.0 Å². The number of alkyl halides is 3. The van der Waals surface area contributed by atoms with Crippen molar-refractivity contribution in [2.75, 3.05) is 36.5 Å². The van der Waals surface area contributed by atoms with Crippen molar-refractivity contribution in [1.82, 2.24) is 0 Å². The number of halogens is 4. The van der Waals surface area contributed by atoms with Gasteiger partial charge >= 0.3 is 6.18 Å². The number of benzene rings is 2. The van der Waals surface area contributed by atoms with Crippen LogP contribution in [-0.2, 0) is 10.9 Å². The average Bonchev–Trinajstić information content (AvgIpc) is 2.63. The van der Waals surface area contributed by atoms with Crippen LogP contribution in [0, 0.1) is 10.5 Å². The van der Waals surface area contributed by atoms with Crippen molar-refractivity contribution in [3.63, 3.8) is 0 Å². The van der Waals surface area contributed by atoms with Gasteiger partial charge in [0.1, 0.15) is 0 Å². The van der Waals surface area contributed by atoms with Crippen LogP contribution in [0.1, 0.15) is 21.5 Å². The first-order valence-electron chi connectivity index (χ1n) is 8.36. The first kappa shape index (κ1) is 19.9. The Hall–Kier alpha value is -1.81. The number of nitrogens with one attached hydrogen (secondary N) is 1. The number of hydrogen-bond acceptors (Lipinski definition) is 3. The molecule has 8 heteroatoms. The monoisotopic (exact) mass is 490 g/mol. The quantitative estimate of drug-likeness (QED) is 0.635. The molecule has 1 aliphatic heterocycles. The van der Waals surface area contributed by atoms with Gasteiger partial charge in [0, 0.05) is 33.6 Å². The summed E-state index contributed by atoms with van der Waals surface area (Å²) >= 11 is 2.12. The van der Waals surface area contributed by atoms with Gasteiger partial charge < -0.3 is 15.0 Å². The fourth-order valence-corrected chi connectivity index (χ4v) is 3.30. The highest BCUT2D eigenvalue weighted by molar-refractivity contribution is 14.1. The lowest BCUT2D eigenvalue weighted by Crippen LogP contribution is -2.36. The van der Waals surface area contributed by atoms with Gasteiger partial charge in [0.25, 0.3) is 5.91 Å². The largest absolute Gasteiger partial charge is 0.416 e. The fourth-order valence-electron chi connectivity index (χ4n) is 2.79. The van der Waals surface area contributed by atoms with E-state index in [0.29, 0.717) is 37.6 Å². The van der Waals surface area contributed by atoms with Crippen molar-refractivity contribution in [1.29, 1.82) is 0 Å². The summed E-state index contributed by atoms with van der Waals surface area (Å²) in [6.07, 6.45) is -4.50. The first-order chi connectivity index (χ1) is 12.7. The summed E-state index contributed by atoms with van der Waals surface area (Å²) in [6.45, 7) is 3.85. The summed E-state index contributed by atoms with van der Waals surface area (Å²) in [5.41, 5.74) is 1.17. The van der Waals surface area contributed by atoms with E-state index < -0.39 is 17.6 Å². The molecule has 1 heterocycles. The highest BCUT2D eigenvalue weighted by atomic mass is 127. The SMILES string of the molecule is Cc1ccc(C(=O)Nc2cc(N3CCOCC3)cc(C(F)(F)F)c2)cc1I. The van der Waals surface area contributed by atoms with Crippen LogP contribution >= 0.6 is 22.6 Å². The second-order valence-electron chi connectivity index (χ2n) is 6.28. The number of hydrogen-bond donors (Lipinski definition) is 1. The molecule has 1 saturated heterocycles. The molecule has 144 valence electrons. The van der Waals surface area contributed by atoms with Gasteiger partial charge in [-0.1, -0.05) is 6.07 Å². The smallest absolute Gasteiger partial charge is 0.378 e. The molecule has 0 aromatic heterocycles. The van der Waals surface area contributed by atoms with Gasteiger partial charge in [-0.05, 0) is 65.4 Å². The van der Waals surface area contributed by atoms with E-state index in [0.717, 1.165) is 21.3 Å². The molecular weight excluding hydrogens is 472 g/mol. The van der Waals surface area contributed by atoms with Gasteiger partial charge in [-0.15, -0.1) is 0 Å². The molecule has 1 N–H and O–H groups in total. The van der Waals surface area contributed by atoms with Crippen molar-refractivity contribution in [2.24, 2.45) is 0 Å². The standard InChI is InChI=1S/C19H18F3IN2O2/c1-12-2-3-13(8-17(12)23)18(26)24-15-9-14(19(20,21)22)10-16(11-15)25-4-6-27-7-5-25/h2-3,8-11H,4-7H2,1H3,(H,24,26). The predicted molar refractivity (Wildman–Crippen MR) is 106 cm³/mol. The summed E-state index contributed by atoms with van der Waals surface area (Å²) < 4.78 is 46.1. The molecule has 1 amide bonds. The number of amides is 1. The first-order valence-corrected chi connectivity index (χ1v) is 9.44. The number of aryl methyl sites for hydroxylation is 1. The zero-order valence-corrected chi connectivity index (χ0v) is 16.7. The van der Waals surface area contributed by atoms with Crippen LogP contribution in [0.25, 0.3) is 0 Å². The zero-order valence-electron chi connectivity index (χ0n) is 14.6. The molecular formula is C19H18F3IN2O2. The Morgan fingerprint density at radius 2 is 1.85 bits per heavy atom. The van der Waals surface area contributed by atoms with Crippen LogP contribution in [-0.4, -0.2) is 32.2 Å². The molecule has 0 unspecified atom stereocenters. The molecule has 0 saturated carbocycles. The molecule has 4 nitrogen and oxygen atoms in total. The maximum Gasteiger partial charge on any atom is 0.416 e. The Morgan fingerprint density at radius 3 is 2.48 bits per heavy atom. The Balaban J connectivity index is 1.91. The lowest BCUT2D eigenvalue weighted by atomic mass is 10.1. The molecule has 0 aliphatic carbocycles. The molecule has 27 heavy (non-hydrogen) atoms. The third kappa shape index (κ3) is 4.92. The van der Waals surface area contributed by atoms with Crippen molar-refractivity contribution >= 4 is 39.9 Å². The molecule has 0 spiro atoms. The van der Waals surface area contributed by atoms with Crippen molar-refractivity contribution in [3.05, 3.63) is 56.7 Å². The van der Waals surface area contributed by atoms with Gasteiger partial charge in [-0.25, -0.2) is 0 Å². The summed E-state index contributed by atoms with van der Waals surface area (Å²) in [4.78, 5) is 14.3. The Morgan fingerprint density at radius 1 is 1.15 bits per heavy atom. The van der Waals surface area contributed by atoms with Crippen LogP contribution in [0.2, 0.25) is 0 Å². The van der Waals surface area contributed by atoms with Gasteiger partial charge in [-0.2, -0.15) is 13.2 Å². The van der Waals surface area contributed by atoms with Crippen molar-refractivity contribution in [2.45, 2.75) is 13.1 Å². The maximum atomic E-state index is 13.3. The molecule has 0 atom stereocenters. The third-order valence-corrected chi connectivity index (χ3v) is 5.48. The molecule has 0 bridgehead atoms. The number of anilines is 2. The second-order valence-corrected chi connectivity index (χ2v) is 7.45. The maximum absolute atomic E-state index is 13.3. The van der Waals surface area contributed by atoms with Crippen LogP contribution in [0.15, 0.2) is 36.4 Å². The van der Waals surface area contributed by atoms with Gasteiger partial charge in [0.2, 0.25) is 0 Å². The Bertz CT molecular complexity index is 849. The number of ether oxygens (including phenoxy) is 1. The minimum atomic E-state index is -4.50. The number of nitrogens with zero attached hydrogens (tertiary/aromatic N) is 1. The normalized spacial score (nSPS) is 14.9. The van der Waals surface area contributed by atoms with Gasteiger partial charge in [0.15, 0.2) is 0 Å². The number of morpholine rings is 1. The molecule has 2 aromatic carbocycles. The Labute approximate surface area is 168 Å². The molecule has 0 radical (unpaired) electrons. The lowest BCUT2D eigenvalue weighted by Gasteiger charge is -2.29. The van der Waals surface area contributed by atoms with Crippen LogP contribution in [0.5, 0.6) is 0 Å². The van der Waals surface area contributed by atoms with E-state index >= 15 is 0 Å². The predicted octanol–water partition coefficient (Wildman–Crippen LogP) is 4.71. The minimum absolute atomic E-state index is 0.118. The van der Waals surface area contributed by atoms with E-state index in [-0.39, 0.29) is 5.69 Å². The number of carbonyl (C=O) groups excluding carboxylic acids is 1. The van der Waals surface area contributed by atoms with E-state index in [1.807, 2.05) is 17.9 Å². The minimum Gasteiger partial charge on any atom is -0.378 e. The number of rotatable bonds is 3. The van der Waals surface area contributed by atoms with E-state index in [4.69, 9.17) is 4.74 Å². The fraction of sp³-hybridized carbons (Fsp3) is 0.316. The third-order valence-electron chi connectivity index (χ3n) is 4.31. The number of carbonyl (C=O) groups is 1. The summed E-state index contributed by atoms with van der Waals surface area (Å²) in [7, 11) is 0. The molecule has 2 aromatic rings. The van der Waals surface area contributed by atoms with E-state index in [1.165, 1.54) is 0 Å². The molecule has 1 aliphatic rings. The Kier molecular flexibility index (Phi) is 5.95. The molecule has 1 fully saturated rings. The highest BCUT2D eigenvalue weighted by Crippen LogP contribution is 2.35. The zero-order chi connectivity index (χ0) is 19.6. The topological polar surface area (TPSA) is 41.6 Å². The summed E-state index contributed by atoms with van der Waals surface area (Å²) in [5, 5.41) is 2.60. The highest BCUT2D eigenvalue weighted by Gasteiger charge is 2.32. The van der Waals surface area contributed by atoms with E-state index in [2.05, 4.69) is 27.9 Å². The summed E-state index contributed by atoms with van der Waals surface area (Å²) in [6, 6.07) is 8.81. The van der Waals surface area contributed by atoms with Gasteiger partial charge in [-0.3, -0.25) is 4.79 Å². The summed E-state index contributed by atoms with van der Waals surface area (Å²) in [5.74, 6) is -0.444. The van der Waals surface area contributed by atoms with Crippen molar-refractivity contribution in [3.8, 4) is 0 Å². The van der Waals surface area contributed by atoms with Crippen LogP contribution < -0.4 is 10.2 Å². The van der Waals surface area contributed by atoms with E-state index in [1.54, 1.807) is 18.2 Å².